The maximum Gasteiger partial charge on any atom is 0.420 e. The highest BCUT2D eigenvalue weighted by Gasteiger charge is 2.36. The number of benzene rings is 2. The van der Waals surface area contributed by atoms with E-state index in [2.05, 4.69) is 4.90 Å². The van der Waals surface area contributed by atoms with Gasteiger partial charge in [-0.25, -0.2) is 0 Å². The molecule has 2 aliphatic heterocycles. The number of carbonyl (C=O) groups excluding carboxylic acids is 2. The smallest absolute Gasteiger partial charge is 0.420 e. The van der Waals surface area contributed by atoms with Gasteiger partial charge in [0.25, 0.3) is 11.1 Å². The second-order valence-electron chi connectivity index (χ2n) is 8.57. The monoisotopic (exact) mass is 531 g/mol. The molecule has 0 spiro atoms. The van der Waals surface area contributed by atoms with Gasteiger partial charge in [-0.3, -0.25) is 14.5 Å². The minimum atomic E-state index is -4.73. The first kappa shape index (κ1) is 26.6. The van der Waals surface area contributed by atoms with Crippen LogP contribution < -0.4 is 9.47 Å². The number of piperidine rings is 1. The maximum absolute atomic E-state index is 13.5. The van der Waals surface area contributed by atoms with Gasteiger partial charge in [0.1, 0.15) is 5.75 Å². The molecule has 0 aromatic heterocycles. The molecule has 0 bridgehead atoms. The number of nitriles is 1. The van der Waals surface area contributed by atoms with Crippen LogP contribution in [0.15, 0.2) is 41.3 Å². The lowest BCUT2D eigenvalue weighted by Crippen LogP contribution is -2.39. The molecule has 2 amide bonds. The molecule has 2 aromatic rings. The van der Waals surface area contributed by atoms with Crippen LogP contribution in [0.1, 0.15) is 36.0 Å². The van der Waals surface area contributed by atoms with Gasteiger partial charge in [-0.1, -0.05) is 12.5 Å². The lowest BCUT2D eigenvalue weighted by atomic mass is 10.1. The van der Waals surface area contributed by atoms with Crippen molar-refractivity contribution in [1.82, 2.24) is 9.80 Å². The van der Waals surface area contributed by atoms with Crippen LogP contribution in [0.4, 0.5) is 18.0 Å². The Bertz CT molecular complexity index is 1270. The van der Waals surface area contributed by atoms with Crippen LogP contribution >= 0.6 is 11.8 Å². The van der Waals surface area contributed by atoms with Crippen molar-refractivity contribution in [2.24, 2.45) is 0 Å². The zero-order valence-corrected chi connectivity index (χ0v) is 20.8. The number of carbonyl (C=O) groups is 2. The third-order valence-electron chi connectivity index (χ3n) is 6.08. The van der Waals surface area contributed by atoms with E-state index in [4.69, 9.17) is 14.7 Å². The SMILES string of the molecule is COc1cc(C=C2SC(=O)N(CCN3CCCCC3)C2=O)ccc1Oc1ccc(C#N)cc1C(F)(F)F. The highest BCUT2D eigenvalue weighted by atomic mass is 32.2. The number of thioether (sulfide) groups is 1. The molecule has 0 radical (unpaired) electrons. The Hall–Kier alpha value is -3.49. The fraction of sp³-hybridized carbons (Fsp3) is 0.346. The molecule has 2 aromatic carbocycles. The number of methoxy groups -OCH3 is 1. The van der Waals surface area contributed by atoms with E-state index < -0.39 is 17.5 Å². The van der Waals surface area contributed by atoms with Crippen LogP contribution in [-0.4, -0.2) is 54.2 Å². The summed E-state index contributed by atoms with van der Waals surface area (Å²) in [6, 6.07) is 9.19. The highest BCUT2D eigenvalue weighted by molar-refractivity contribution is 8.18. The van der Waals surface area contributed by atoms with Gasteiger partial charge in [0.05, 0.1) is 29.2 Å². The van der Waals surface area contributed by atoms with Crippen molar-refractivity contribution in [3.8, 4) is 23.3 Å². The second-order valence-corrected chi connectivity index (χ2v) is 9.56. The lowest BCUT2D eigenvalue weighted by molar-refractivity contribution is -0.138. The first-order chi connectivity index (χ1) is 17.7. The highest BCUT2D eigenvalue weighted by Crippen LogP contribution is 2.41. The zero-order chi connectivity index (χ0) is 26.6. The summed E-state index contributed by atoms with van der Waals surface area (Å²) >= 11 is 0.848. The Labute approximate surface area is 216 Å². The summed E-state index contributed by atoms with van der Waals surface area (Å²) in [5.74, 6) is -0.703. The minimum absolute atomic E-state index is 0.0180. The molecular formula is C26H24F3N3O4S. The summed E-state index contributed by atoms with van der Waals surface area (Å²) in [6.07, 6.45) is 0.246. The largest absolute Gasteiger partial charge is 0.493 e. The summed E-state index contributed by atoms with van der Waals surface area (Å²) in [6.45, 7) is 2.89. The maximum atomic E-state index is 13.5. The van der Waals surface area contributed by atoms with Crippen LogP contribution in [0, 0.1) is 11.3 Å². The molecule has 0 unspecified atom stereocenters. The average molecular weight is 532 g/mol. The Morgan fingerprint density at radius 1 is 1.03 bits per heavy atom. The number of likely N-dealkylation sites (tertiary alicyclic amines) is 1. The van der Waals surface area contributed by atoms with E-state index in [1.165, 1.54) is 36.6 Å². The van der Waals surface area contributed by atoms with Gasteiger partial charge in [-0.15, -0.1) is 0 Å². The number of nitrogens with zero attached hydrogens (tertiary/aromatic N) is 3. The van der Waals surface area contributed by atoms with Gasteiger partial charge in [0.2, 0.25) is 0 Å². The fourth-order valence-electron chi connectivity index (χ4n) is 4.16. The normalized spacial score (nSPS) is 17.8. The van der Waals surface area contributed by atoms with Crippen LogP contribution in [0.2, 0.25) is 0 Å². The number of ether oxygens (including phenoxy) is 2. The van der Waals surface area contributed by atoms with E-state index in [0.29, 0.717) is 18.7 Å². The van der Waals surface area contributed by atoms with Crippen molar-refractivity contribution in [2.75, 3.05) is 33.3 Å². The Morgan fingerprint density at radius 3 is 2.43 bits per heavy atom. The van der Waals surface area contributed by atoms with Crippen molar-refractivity contribution in [2.45, 2.75) is 25.4 Å². The summed E-state index contributed by atoms with van der Waals surface area (Å²) in [4.78, 5) is 29.0. The van der Waals surface area contributed by atoms with Crippen molar-refractivity contribution in [3.63, 3.8) is 0 Å². The number of hydrogen-bond acceptors (Lipinski definition) is 7. The fourth-order valence-corrected chi connectivity index (χ4v) is 5.02. The van der Waals surface area contributed by atoms with Crippen molar-refractivity contribution in [3.05, 3.63) is 58.0 Å². The zero-order valence-electron chi connectivity index (χ0n) is 20.0. The third kappa shape index (κ3) is 6.26. The van der Waals surface area contributed by atoms with Gasteiger partial charge < -0.3 is 14.4 Å². The molecule has 2 heterocycles. The molecule has 4 rings (SSSR count). The molecule has 0 atom stereocenters. The molecule has 194 valence electrons. The number of rotatable bonds is 7. The predicted octanol–water partition coefficient (Wildman–Crippen LogP) is 5.90. The third-order valence-corrected chi connectivity index (χ3v) is 6.99. The Morgan fingerprint density at radius 2 is 1.76 bits per heavy atom. The topological polar surface area (TPSA) is 82.9 Å². The lowest BCUT2D eigenvalue weighted by Gasteiger charge is -2.27. The summed E-state index contributed by atoms with van der Waals surface area (Å²) in [5, 5.41) is 8.61. The Kier molecular flexibility index (Phi) is 8.10. The van der Waals surface area contributed by atoms with Crippen LogP contribution in [0.25, 0.3) is 6.08 Å². The summed E-state index contributed by atoms with van der Waals surface area (Å²) in [7, 11) is 1.34. The molecule has 0 aliphatic carbocycles. The number of amides is 2. The number of halogens is 3. The van der Waals surface area contributed by atoms with Gasteiger partial charge in [0, 0.05) is 13.1 Å². The van der Waals surface area contributed by atoms with E-state index in [1.807, 2.05) is 0 Å². The first-order valence-corrected chi connectivity index (χ1v) is 12.5. The van der Waals surface area contributed by atoms with E-state index >= 15 is 0 Å². The summed E-state index contributed by atoms with van der Waals surface area (Å²) < 4.78 is 51.3. The van der Waals surface area contributed by atoms with Gasteiger partial charge in [-0.05, 0) is 79.7 Å². The molecule has 37 heavy (non-hydrogen) atoms. The van der Waals surface area contributed by atoms with Crippen LogP contribution in [0.5, 0.6) is 17.2 Å². The molecule has 0 saturated carbocycles. The molecule has 0 N–H and O–H groups in total. The van der Waals surface area contributed by atoms with E-state index in [-0.39, 0.29) is 33.1 Å². The molecule has 11 heteroatoms. The minimum Gasteiger partial charge on any atom is -0.493 e. The number of alkyl halides is 3. The molecule has 7 nitrogen and oxygen atoms in total. The second kappa shape index (κ2) is 11.3. The molecule has 2 aliphatic rings. The van der Waals surface area contributed by atoms with Crippen molar-refractivity contribution >= 4 is 29.0 Å². The van der Waals surface area contributed by atoms with Gasteiger partial charge in [0.15, 0.2) is 11.5 Å². The molecule has 2 fully saturated rings. The first-order valence-electron chi connectivity index (χ1n) is 11.6. The number of hydrogen-bond donors (Lipinski definition) is 0. The average Bonchev–Trinajstić information content (AvgIpc) is 3.15. The molecular weight excluding hydrogens is 507 g/mol. The van der Waals surface area contributed by atoms with Crippen LogP contribution in [-0.2, 0) is 11.0 Å². The Balaban J connectivity index is 1.51. The van der Waals surface area contributed by atoms with E-state index in [0.717, 1.165) is 49.8 Å². The van der Waals surface area contributed by atoms with Crippen molar-refractivity contribution < 1.29 is 32.2 Å². The van der Waals surface area contributed by atoms with Crippen molar-refractivity contribution in [1.29, 1.82) is 5.26 Å². The van der Waals surface area contributed by atoms with Gasteiger partial charge >= 0.3 is 6.18 Å². The quantitative estimate of drug-likeness (QED) is 0.412. The molecule has 2 saturated heterocycles. The number of imide groups is 1. The standard InChI is InChI=1S/C26H24F3N3O4S/c1-35-22-14-17(5-8-21(22)36-20-7-6-18(16-30)13-19(20)26(27,28)29)15-23-24(33)32(25(34)37-23)12-11-31-9-3-2-4-10-31/h5-8,13-15H,2-4,9-12H2,1H3. The van der Waals surface area contributed by atoms with E-state index in [1.54, 1.807) is 18.2 Å². The predicted molar refractivity (Wildman–Crippen MR) is 132 cm³/mol. The van der Waals surface area contributed by atoms with E-state index in [9.17, 15) is 22.8 Å². The summed E-state index contributed by atoms with van der Waals surface area (Å²) in [5.41, 5.74) is -0.718. The van der Waals surface area contributed by atoms with Gasteiger partial charge in [-0.2, -0.15) is 18.4 Å². The van der Waals surface area contributed by atoms with Crippen LogP contribution in [0.3, 0.4) is 0 Å².